The molecule has 2 rings (SSSR count). The Morgan fingerprint density at radius 2 is 2.35 bits per heavy atom. The molecule has 0 saturated carbocycles. The lowest BCUT2D eigenvalue weighted by Gasteiger charge is -2.20. The molecule has 1 heterocycles. The number of halogens is 1. The third-order valence-electron chi connectivity index (χ3n) is 3.27. The lowest BCUT2D eigenvalue weighted by atomic mass is 10.2. The van der Waals surface area contributed by atoms with E-state index in [1.165, 1.54) is 0 Å². The Hall–Kier alpha value is -1.62. The predicted octanol–water partition coefficient (Wildman–Crippen LogP) is 2.07. The molecule has 2 N–H and O–H groups in total. The fourth-order valence-electron chi connectivity index (χ4n) is 2.17. The molecule has 6 heteroatoms. The van der Waals surface area contributed by atoms with Crippen molar-refractivity contribution in [2.75, 3.05) is 24.4 Å². The number of hydrogen-bond donors (Lipinski definition) is 2. The number of nitrogens with one attached hydrogen (secondary N) is 1. The van der Waals surface area contributed by atoms with Gasteiger partial charge in [-0.05, 0) is 18.6 Å². The highest BCUT2D eigenvalue weighted by Gasteiger charge is 2.27. The first-order valence-electron chi connectivity index (χ1n) is 6.67. The van der Waals surface area contributed by atoms with Gasteiger partial charge in [-0.15, -0.1) is 11.6 Å². The molecule has 0 saturated heterocycles. The van der Waals surface area contributed by atoms with Crippen LogP contribution in [0.15, 0.2) is 18.2 Å². The van der Waals surface area contributed by atoms with Crippen molar-refractivity contribution in [3.63, 3.8) is 0 Å². The van der Waals surface area contributed by atoms with E-state index in [-0.39, 0.29) is 17.9 Å². The maximum atomic E-state index is 11.5. The molecule has 1 amide bonds. The van der Waals surface area contributed by atoms with Crippen LogP contribution in [0.2, 0.25) is 0 Å². The van der Waals surface area contributed by atoms with E-state index in [1.54, 1.807) is 12.1 Å². The standard InChI is InChI=1S/C14H19ClN2O3/c1-17-11-5-4-10(18)9-12(11)20-14(17)6-8-16-13(19)3-2-7-15/h4-5,9,14,18H,2-3,6-8H2,1H3,(H,16,19). The number of carbonyl (C=O) groups is 1. The molecule has 1 unspecified atom stereocenters. The zero-order valence-corrected chi connectivity index (χ0v) is 12.2. The van der Waals surface area contributed by atoms with Crippen LogP contribution in [0, 0.1) is 0 Å². The van der Waals surface area contributed by atoms with Gasteiger partial charge in [0, 0.05) is 38.4 Å². The van der Waals surface area contributed by atoms with Gasteiger partial charge in [0.1, 0.15) is 11.5 Å². The zero-order valence-electron chi connectivity index (χ0n) is 11.4. The number of aromatic hydroxyl groups is 1. The van der Waals surface area contributed by atoms with Crippen molar-refractivity contribution in [1.29, 1.82) is 0 Å². The summed E-state index contributed by atoms with van der Waals surface area (Å²) in [6.07, 6.45) is 1.70. The number of alkyl halides is 1. The third-order valence-corrected chi connectivity index (χ3v) is 3.54. The van der Waals surface area contributed by atoms with E-state index >= 15 is 0 Å². The molecule has 1 atom stereocenters. The highest BCUT2D eigenvalue weighted by Crippen LogP contribution is 2.38. The number of fused-ring (bicyclic) bond motifs is 1. The summed E-state index contributed by atoms with van der Waals surface area (Å²) in [6, 6.07) is 5.06. The molecule has 1 aromatic carbocycles. The summed E-state index contributed by atoms with van der Waals surface area (Å²) in [4.78, 5) is 13.5. The monoisotopic (exact) mass is 298 g/mol. The molecule has 0 spiro atoms. The van der Waals surface area contributed by atoms with Gasteiger partial charge in [0.2, 0.25) is 5.91 Å². The van der Waals surface area contributed by atoms with E-state index in [1.807, 2.05) is 18.0 Å². The van der Waals surface area contributed by atoms with Gasteiger partial charge in [-0.25, -0.2) is 0 Å². The highest BCUT2D eigenvalue weighted by atomic mass is 35.5. The molecule has 0 aliphatic carbocycles. The van der Waals surface area contributed by atoms with Crippen molar-refractivity contribution < 1.29 is 14.6 Å². The van der Waals surface area contributed by atoms with Crippen LogP contribution in [0.25, 0.3) is 0 Å². The van der Waals surface area contributed by atoms with Gasteiger partial charge in [0.05, 0.1) is 5.69 Å². The van der Waals surface area contributed by atoms with Crippen LogP contribution < -0.4 is 15.0 Å². The highest BCUT2D eigenvalue weighted by molar-refractivity contribution is 6.17. The minimum absolute atomic E-state index is 0.0152. The Bertz CT molecular complexity index is 481. The van der Waals surface area contributed by atoms with E-state index < -0.39 is 0 Å². The maximum absolute atomic E-state index is 11.5. The maximum Gasteiger partial charge on any atom is 0.220 e. The first-order chi connectivity index (χ1) is 9.61. The van der Waals surface area contributed by atoms with Crippen molar-refractivity contribution >= 4 is 23.2 Å². The van der Waals surface area contributed by atoms with E-state index in [0.717, 1.165) is 5.69 Å². The molecule has 0 radical (unpaired) electrons. The fourth-order valence-corrected chi connectivity index (χ4v) is 2.31. The van der Waals surface area contributed by atoms with Crippen LogP contribution in [-0.2, 0) is 4.79 Å². The Morgan fingerprint density at radius 1 is 1.55 bits per heavy atom. The molecule has 0 aromatic heterocycles. The summed E-state index contributed by atoms with van der Waals surface area (Å²) in [7, 11) is 1.93. The summed E-state index contributed by atoms with van der Waals surface area (Å²) in [6.45, 7) is 0.552. The Kier molecular flexibility index (Phi) is 4.95. The first-order valence-corrected chi connectivity index (χ1v) is 7.20. The number of amides is 1. The first kappa shape index (κ1) is 14.8. The lowest BCUT2D eigenvalue weighted by molar-refractivity contribution is -0.121. The number of carbonyl (C=O) groups excluding carboxylic acids is 1. The van der Waals surface area contributed by atoms with Crippen molar-refractivity contribution in [2.24, 2.45) is 0 Å². The van der Waals surface area contributed by atoms with Gasteiger partial charge >= 0.3 is 0 Å². The van der Waals surface area contributed by atoms with Crippen molar-refractivity contribution in [2.45, 2.75) is 25.5 Å². The van der Waals surface area contributed by atoms with Gasteiger partial charge in [-0.2, -0.15) is 0 Å². The van der Waals surface area contributed by atoms with Crippen LogP contribution in [0.4, 0.5) is 5.69 Å². The van der Waals surface area contributed by atoms with E-state index in [4.69, 9.17) is 16.3 Å². The lowest BCUT2D eigenvalue weighted by Crippen LogP contribution is -2.35. The van der Waals surface area contributed by atoms with Crippen LogP contribution in [0.5, 0.6) is 11.5 Å². The number of anilines is 1. The Balaban J connectivity index is 1.80. The Labute approximate surface area is 123 Å². The number of rotatable bonds is 6. The van der Waals surface area contributed by atoms with Crippen molar-refractivity contribution in [1.82, 2.24) is 5.32 Å². The van der Waals surface area contributed by atoms with E-state index in [2.05, 4.69) is 5.32 Å². The normalized spacial score (nSPS) is 16.7. The van der Waals surface area contributed by atoms with E-state index in [0.29, 0.717) is 37.4 Å². The molecule has 0 bridgehead atoms. The predicted molar refractivity (Wildman–Crippen MR) is 78.5 cm³/mol. The fraction of sp³-hybridized carbons (Fsp3) is 0.500. The molecular formula is C14H19ClN2O3. The second kappa shape index (κ2) is 6.70. The SMILES string of the molecule is CN1c2ccc(O)cc2OC1CCNC(=O)CCCCl. The third kappa shape index (κ3) is 3.48. The van der Waals surface area contributed by atoms with Crippen LogP contribution in [0.3, 0.4) is 0 Å². The summed E-state index contributed by atoms with van der Waals surface area (Å²) < 4.78 is 5.76. The number of phenols is 1. The summed E-state index contributed by atoms with van der Waals surface area (Å²) in [5, 5.41) is 12.3. The van der Waals surface area contributed by atoms with Crippen LogP contribution >= 0.6 is 11.6 Å². The van der Waals surface area contributed by atoms with Crippen LogP contribution in [0.1, 0.15) is 19.3 Å². The number of nitrogens with zero attached hydrogens (tertiary/aromatic N) is 1. The van der Waals surface area contributed by atoms with Gasteiger partial charge < -0.3 is 20.1 Å². The Morgan fingerprint density at radius 3 is 3.10 bits per heavy atom. The van der Waals surface area contributed by atoms with E-state index in [9.17, 15) is 9.90 Å². The largest absolute Gasteiger partial charge is 0.508 e. The summed E-state index contributed by atoms with van der Waals surface area (Å²) >= 11 is 5.54. The van der Waals surface area contributed by atoms with Crippen molar-refractivity contribution in [3.05, 3.63) is 18.2 Å². The topological polar surface area (TPSA) is 61.8 Å². The summed E-state index contributed by atoms with van der Waals surface area (Å²) in [5.41, 5.74) is 0.946. The van der Waals surface area contributed by atoms with Gasteiger partial charge in [0.25, 0.3) is 0 Å². The average Bonchev–Trinajstić information content (AvgIpc) is 2.72. The molecule has 1 aliphatic heterocycles. The molecule has 0 fully saturated rings. The molecule has 110 valence electrons. The molecule has 1 aliphatic rings. The molecular weight excluding hydrogens is 280 g/mol. The van der Waals surface area contributed by atoms with Gasteiger partial charge in [-0.3, -0.25) is 4.79 Å². The second-order valence-electron chi connectivity index (χ2n) is 4.77. The average molecular weight is 299 g/mol. The van der Waals surface area contributed by atoms with Gasteiger partial charge in [-0.1, -0.05) is 0 Å². The second-order valence-corrected chi connectivity index (χ2v) is 5.14. The van der Waals surface area contributed by atoms with Crippen molar-refractivity contribution in [3.8, 4) is 11.5 Å². The van der Waals surface area contributed by atoms with Crippen LogP contribution in [-0.4, -0.2) is 36.7 Å². The smallest absolute Gasteiger partial charge is 0.220 e. The minimum Gasteiger partial charge on any atom is -0.508 e. The minimum atomic E-state index is -0.125. The molecule has 20 heavy (non-hydrogen) atoms. The quantitative estimate of drug-likeness (QED) is 0.789. The molecule has 1 aromatic rings. The number of ether oxygens (including phenoxy) is 1. The zero-order chi connectivity index (χ0) is 14.5. The number of benzene rings is 1. The molecule has 5 nitrogen and oxygen atoms in total. The number of hydrogen-bond acceptors (Lipinski definition) is 4. The number of phenolic OH excluding ortho intramolecular Hbond substituents is 1. The summed E-state index contributed by atoms with van der Waals surface area (Å²) in [5.74, 6) is 1.38. The van der Waals surface area contributed by atoms with Gasteiger partial charge in [0.15, 0.2) is 6.23 Å².